The Kier molecular flexibility index (Phi) is 3.66. The molecule has 0 aliphatic heterocycles. The van der Waals surface area contributed by atoms with E-state index in [9.17, 15) is 0 Å². The molecule has 0 saturated carbocycles. The monoisotopic (exact) mass is 371 g/mol. The van der Waals surface area contributed by atoms with Crippen LogP contribution in [0.2, 0.25) is 5.15 Å². The van der Waals surface area contributed by atoms with Crippen LogP contribution in [0.3, 0.4) is 0 Å². The van der Waals surface area contributed by atoms with E-state index < -0.39 is 0 Å². The number of fused-ring (bicyclic) bond motifs is 1. The highest BCUT2D eigenvalue weighted by molar-refractivity contribution is 9.10. The van der Waals surface area contributed by atoms with Gasteiger partial charge in [-0.05, 0) is 28.9 Å². The molecular weight excluding hydrogens is 362 g/mol. The molecule has 0 saturated heterocycles. The number of halogens is 2. The molecule has 0 aliphatic rings. The number of aromatic nitrogens is 4. The third kappa shape index (κ3) is 2.41. The first-order valence-corrected chi connectivity index (χ1v) is 7.91. The van der Waals surface area contributed by atoms with Crippen LogP contribution in [0.4, 0.5) is 5.82 Å². The maximum absolute atomic E-state index is 6.18. The molecule has 20 heavy (non-hydrogen) atoms. The minimum atomic E-state index is 0.458. The van der Waals surface area contributed by atoms with E-state index in [0.29, 0.717) is 10.9 Å². The second-order valence-corrected chi connectivity index (χ2v) is 6.68. The summed E-state index contributed by atoms with van der Waals surface area (Å²) in [4.78, 5) is 11.7. The summed E-state index contributed by atoms with van der Waals surface area (Å²) in [7, 11) is 2.01. The van der Waals surface area contributed by atoms with Gasteiger partial charge in [-0.15, -0.1) is 11.3 Å². The molecule has 104 valence electrons. The number of hydrogen-bond acceptors (Lipinski definition) is 5. The van der Waals surface area contributed by atoms with Crippen LogP contribution >= 0.6 is 38.9 Å². The van der Waals surface area contributed by atoms with Gasteiger partial charge in [-0.3, -0.25) is 0 Å². The van der Waals surface area contributed by atoms with Crippen LogP contribution in [0.5, 0.6) is 0 Å². The lowest BCUT2D eigenvalue weighted by Gasteiger charge is -2.21. The third-order valence-electron chi connectivity index (χ3n) is 2.95. The van der Waals surface area contributed by atoms with Gasteiger partial charge < -0.3 is 4.90 Å². The molecule has 3 aromatic rings. The summed E-state index contributed by atoms with van der Waals surface area (Å²) in [6.07, 6.45) is 1.48. The molecule has 0 unspecified atom stereocenters. The van der Waals surface area contributed by atoms with Crippen LogP contribution in [0.1, 0.15) is 10.4 Å². The molecule has 3 heterocycles. The lowest BCUT2D eigenvalue weighted by Crippen LogP contribution is -2.21. The fraction of sp³-hybridized carbons (Fsp3) is 0.250. The van der Waals surface area contributed by atoms with E-state index in [1.54, 1.807) is 15.9 Å². The standard InChI is InChI=1S/C12H11BrClN5S/c1-7-10(14)17-12-15-6-16-19(12)11(7)18(2)4-9-3-8(13)5-20-9/h3,5-6H,4H2,1-2H3. The molecule has 0 fully saturated rings. The van der Waals surface area contributed by atoms with Crippen LogP contribution in [0, 0.1) is 6.92 Å². The van der Waals surface area contributed by atoms with Crippen molar-refractivity contribution >= 4 is 50.5 Å². The number of hydrogen-bond donors (Lipinski definition) is 0. The molecule has 3 rings (SSSR count). The average Bonchev–Trinajstić information content (AvgIpc) is 2.99. The summed E-state index contributed by atoms with van der Waals surface area (Å²) < 4.78 is 2.81. The number of rotatable bonds is 3. The van der Waals surface area contributed by atoms with E-state index in [4.69, 9.17) is 11.6 Å². The predicted molar refractivity (Wildman–Crippen MR) is 84.7 cm³/mol. The maximum atomic E-state index is 6.18. The van der Waals surface area contributed by atoms with Crippen LogP contribution in [0.25, 0.3) is 5.78 Å². The Morgan fingerprint density at radius 3 is 3.00 bits per heavy atom. The van der Waals surface area contributed by atoms with Gasteiger partial charge >= 0.3 is 0 Å². The summed E-state index contributed by atoms with van der Waals surface area (Å²) in [5, 5.41) is 6.75. The van der Waals surface area contributed by atoms with Gasteiger partial charge in [0.2, 0.25) is 0 Å². The van der Waals surface area contributed by atoms with Crippen molar-refractivity contribution in [3.63, 3.8) is 0 Å². The summed E-state index contributed by atoms with van der Waals surface area (Å²) in [5.41, 5.74) is 0.891. The van der Waals surface area contributed by atoms with E-state index >= 15 is 0 Å². The molecule has 0 radical (unpaired) electrons. The fourth-order valence-corrected chi connectivity index (χ4v) is 3.74. The largest absolute Gasteiger partial charge is 0.354 e. The minimum absolute atomic E-state index is 0.458. The molecule has 3 aromatic heterocycles. The zero-order valence-corrected chi connectivity index (χ0v) is 14.0. The topological polar surface area (TPSA) is 46.3 Å². The SMILES string of the molecule is Cc1c(Cl)nc2ncnn2c1N(C)Cc1cc(Br)cs1. The molecule has 0 spiro atoms. The van der Waals surface area contributed by atoms with E-state index in [1.807, 2.05) is 14.0 Å². The molecular formula is C12H11BrClN5S. The van der Waals surface area contributed by atoms with Crippen molar-refractivity contribution in [3.05, 3.63) is 37.8 Å². The second kappa shape index (κ2) is 5.31. The highest BCUT2D eigenvalue weighted by atomic mass is 79.9. The summed E-state index contributed by atoms with van der Waals surface area (Å²) >= 11 is 11.4. The van der Waals surface area contributed by atoms with E-state index in [2.05, 4.69) is 47.3 Å². The van der Waals surface area contributed by atoms with Crippen LogP contribution in [-0.2, 0) is 6.54 Å². The van der Waals surface area contributed by atoms with Crippen molar-refractivity contribution in [1.29, 1.82) is 0 Å². The lowest BCUT2D eigenvalue weighted by atomic mass is 10.3. The van der Waals surface area contributed by atoms with Gasteiger partial charge in [0, 0.05) is 27.3 Å². The molecule has 0 amide bonds. The number of thiophene rings is 1. The first-order valence-electron chi connectivity index (χ1n) is 5.86. The van der Waals surface area contributed by atoms with Crippen molar-refractivity contribution in [1.82, 2.24) is 19.6 Å². The van der Waals surface area contributed by atoms with Crippen LogP contribution in [-0.4, -0.2) is 26.6 Å². The second-order valence-electron chi connectivity index (χ2n) is 4.41. The maximum Gasteiger partial charge on any atom is 0.255 e. The van der Waals surface area contributed by atoms with Crippen LogP contribution < -0.4 is 4.90 Å². The van der Waals surface area contributed by atoms with Gasteiger partial charge in [-0.25, -0.2) is 0 Å². The Morgan fingerprint density at radius 2 is 2.30 bits per heavy atom. The van der Waals surface area contributed by atoms with Gasteiger partial charge in [-0.2, -0.15) is 19.6 Å². The molecule has 0 aromatic carbocycles. The lowest BCUT2D eigenvalue weighted by molar-refractivity contribution is 0.830. The first kappa shape index (κ1) is 13.8. The fourth-order valence-electron chi connectivity index (χ4n) is 2.08. The molecule has 8 heteroatoms. The van der Waals surface area contributed by atoms with Crippen molar-refractivity contribution in [2.75, 3.05) is 11.9 Å². The normalized spacial score (nSPS) is 11.2. The number of nitrogens with zero attached hydrogens (tertiary/aromatic N) is 5. The Morgan fingerprint density at radius 1 is 1.50 bits per heavy atom. The van der Waals surface area contributed by atoms with Crippen LogP contribution in [0.15, 0.2) is 22.2 Å². The smallest absolute Gasteiger partial charge is 0.255 e. The quantitative estimate of drug-likeness (QED) is 0.660. The van der Waals surface area contributed by atoms with Crippen molar-refractivity contribution in [2.24, 2.45) is 0 Å². The third-order valence-corrected chi connectivity index (χ3v) is 5.00. The molecule has 5 nitrogen and oxygen atoms in total. The van der Waals surface area contributed by atoms with Gasteiger partial charge in [0.1, 0.15) is 17.3 Å². The zero-order valence-electron chi connectivity index (χ0n) is 10.8. The molecule has 0 N–H and O–H groups in total. The molecule has 0 bridgehead atoms. The van der Waals surface area contributed by atoms with Crippen molar-refractivity contribution in [3.8, 4) is 0 Å². The van der Waals surface area contributed by atoms with Crippen molar-refractivity contribution < 1.29 is 0 Å². The van der Waals surface area contributed by atoms with Gasteiger partial charge in [0.25, 0.3) is 5.78 Å². The molecule has 0 aliphatic carbocycles. The summed E-state index contributed by atoms with van der Waals surface area (Å²) in [5.74, 6) is 1.41. The Bertz CT molecular complexity index is 768. The van der Waals surface area contributed by atoms with E-state index in [1.165, 1.54) is 11.2 Å². The Labute approximate surface area is 133 Å². The minimum Gasteiger partial charge on any atom is -0.354 e. The van der Waals surface area contributed by atoms with Gasteiger partial charge in [0.05, 0.1) is 6.54 Å². The predicted octanol–water partition coefficient (Wildman–Crippen LogP) is 3.55. The van der Waals surface area contributed by atoms with Crippen molar-refractivity contribution in [2.45, 2.75) is 13.5 Å². The van der Waals surface area contributed by atoms with Gasteiger partial charge in [0.15, 0.2) is 0 Å². The Balaban J connectivity index is 2.04. The highest BCUT2D eigenvalue weighted by Gasteiger charge is 2.16. The summed E-state index contributed by atoms with van der Waals surface area (Å²) in [6, 6.07) is 2.11. The number of anilines is 1. The Hall–Kier alpha value is -1.18. The van der Waals surface area contributed by atoms with Gasteiger partial charge in [-0.1, -0.05) is 11.6 Å². The average molecular weight is 373 g/mol. The highest BCUT2D eigenvalue weighted by Crippen LogP contribution is 2.27. The van der Waals surface area contributed by atoms with E-state index in [0.717, 1.165) is 22.4 Å². The molecule has 0 atom stereocenters. The zero-order chi connectivity index (χ0) is 14.3. The summed E-state index contributed by atoms with van der Waals surface area (Å²) in [6.45, 7) is 2.71. The first-order chi connectivity index (χ1) is 9.56. The van der Waals surface area contributed by atoms with E-state index in [-0.39, 0.29) is 0 Å².